The van der Waals surface area contributed by atoms with Crippen LogP contribution in [0, 0.1) is 18.8 Å². The summed E-state index contributed by atoms with van der Waals surface area (Å²) >= 11 is 0. The average molecular weight is 427 g/mol. The van der Waals surface area contributed by atoms with E-state index >= 15 is 0 Å². The predicted molar refractivity (Wildman–Crippen MR) is 115 cm³/mol. The molecule has 1 aromatic heterocycles. The lowest BCUT2D eigenvalue weighted by Crippen LogP contribution is -2.46. The van der Waals surface area contributed by atoms with Crippen molar-refractivity contribution in [2.75, 3.05) is 37.7 Å². The molecule has 0 unspecified atom stereocenters. The third-order valence-electron chi connectivity index (χ3n) is 6.25. The summed E-state index contributed by atoms with van der Waals surface area (Å²) in [6.07, 6.45) is 2.90. The van der Waals surface area contributed by atoms with Crippen LogP contribution < -0.4 is 4.90 Å². The zero-order chi connectivity index (χ0) is 21.8. The van der Waals surface area contributed by atoms with Crippen LogP contribution in [0.2, 0.25) is 0 Å². The summed E-state index contributed by atoms with van der Waals surface area (Å²) in [7, 11) is 0. The number of carbonyl (C=O) groups excluding carboxylic acids is 2. The molecule has 0 saturated carbocycles. The standard InChI is InChI=1S/C23H30N4O4/c1-3-30-22(29)19-10-12-26(13-11-19)21(28)18-8-14-27(15-9-18)23-25-24-20(31-23)17-6-4-16(2)5-7-17/h4-7,18-19H,3,8-15H2,1-2H3. The van der Waals surface area contributed by atoms with Gasteiger partial charge < -0.3 is 19.0 Å². The van der Waals surface area contributed by atoms with E-state index in [1.807, 2.05) is 43.0 Å². The summed E-state index contributed by atoms with van der Waals surface area (Å²) in [4.78, 5) is 28.8. The summed E-state index contributed by atoms with van der Waals surface area (Å²) in [6.45, 7) is 6.95. The fourth-order valence-corrected chi connectivity index (χ4v) is 4.33. The van der Waals surface area contributed by atoms with Gasteiger partial charge in [-0.3, -0.25) is 9.59 Å². The highest BCUT2D eigenvalue weighted by atomic mass is 16.5. The van der Waals surface area contributed by atoms with Crippen LogP contribution in [0.5, 0.6) is 0 Å². The van der Waals surface area contributed by atoms with Crippen molar-refractivity contribution >= 4 is 17.9 Å². The molecule has 1 amide bonds. The van der Waals surface area contributed by atoms with Crippen LogP contribution in [-0.2, 0) is 14.3 Å². The first-order valence-corrected chi connectivity index (χ1v) is 11.2. The third kappa shape index (κ3) is 4.89. The van der Waals surface area contributed by atoms with E-state index in [1.54, 1.807) is 0 Å². The Morgan fingerprint density at radius 2 is 1.65 bits per heavy atom. The summed E-state index contributed by atoms with van der Waals surface area (Å²) in [5, 5.41) is 8.39. The van der Waals surface area contributed by atoms with Gasteiger partial charge in [0.25, 0.3) is 0 Å². The van der Waals surface area contributed by atoms with Crippen LogP contribution in [0.15, 0.2) is 28.7 Å². The maximum absolute atomic E-state index is 13.0. The number of anilines is 1. The van der Waals surface area contributed by atoms with Gasteiger partial charge in [0.2, 0.25) is 11.8 Å². The number of carbonyl (C=O) groups is 2. The molecule has 0 radical (unpaired) electrons. The second kappa shape index (κ2) is 9.49. The minimum absolute atomic E-state index is 0.00915. The molecule has 1 aromatic carbocycles. The molecule has 2 aromatic rings. The Bertz CT molecular complexity index is 895. The molecule has 4 rings (SSSR count). The number of piperidine rings is 2. The van der Waals surface area contributed by atoms with Crippen LogP contribution in [0.25, 0.3) is 11.5 Å². The summed E-state index contributed by atoms with van der Waals surface area (Å²) in [5.74, 6) is 0.513. The Morgan fingerprint density at radius 1 is 1.00 bits per heavy atom. The van der Waals surface area contributed by atoms with Gasteiger partial charge in [0.15, 0.2) is 0 Å². The summed E-state index contributed by atoms with van der Waals surface area (Å²) in [5.41, 5.74) is 2.08. The topological polar surface area (TPSA) is 88.8 Å². The van der Waals surface area contributed by atoms with Crippen molar-refractivity contribution in [2.24, 2.45) is 11.8 Å². The number of likely N-dealkylation sites (tertiary alicyclic amines) is 1. The van der Waals surface area contributed by atoms with E-state index in [9.17, 15) is 9.59 Å². The molecule has 3 heterocycles. The molecular weight excluding hydrogens is 396 g/mol. The van der Waals surface area contributed by atoms with Crippen LogP contribution in [0.4, 0.5) is 6.01 Å². The van der Waals surface area contributed by atoms with Gasteiger partial charge in [-0.2, -0.15) is 0 Å². The first kappa shape index (κ1) is 21.3. The molecule has 2 aliphatic heterocycles. The first-order valence-electron chi connectivity index (χ1n) is 11.2. The monoisotopic (exact) mass is 426 g/mol. The second-order valence-corrected chi connectivity index (χ2v) is 8.37. The van der Waals surface area contributed by atoms with Crippen molar-refractivity contribution in [2.45, 2.75) is 39.5 Å². The Kier molecular flexibility index (Phi) is 6.53. The third-order valence-corrected chi connectivity index (χ3v) is 6.25. The fourth-order valence-electron chi connectivity index (χ4n) is 4.33. The normalized spacial score (nSPS) is 18.3. The van der Waals surface area contributed by atoms with Crippen molar-refractivity contribution in [3.05, 3.63) is 29.8 Å². The number of aromatic nitrogens is 2. The van der Waals surface area contributed by atoms with E-state index in [0.29, 0.717) is 57.5 Å². The first-order chi connectivity index (χ1) is 15.0. The number of nitrogens with zero attached hydrogens (tertiary/aromatic N) is 4. The second-order valence-electron chi connectivity index (χ2n) is 8.37. The number of esters is 1. The quantitative estimate of drug-likeness (QED) is 0.679. The fraction of sp³-hybridized carbons (Fsp3) is 0.565. The smallest absolute Gasteiger partial charge is 0.318 e. The molecule has 2 fully saturated rings. The zero-order valence-corrected chi connectivity index (χ0v) is 18.2. The highest BCUT2D eigenvalue weighted by molar-refractivity contribution is 5.80. The van der Waals surface area contributed by atoms with Crippen LogP contribution >= 0.6 is 0 Å². The maximum Gasteiger partial charge on any atom is 0.318 e. The summed E-state index contributed by atoms with van der Waals surface area (Å²) in [6, 6.07) is 8.50. The van der Waals surface area contributed by atoms with Crippen molar-refractivity contribution in [3.8, 4) is 11.5 Å². The van der Waals surface area contributed by atoms with Gasteiger partial charge in [-0.25, -0.2) is 0 Å². The molecule has 2 aliphatic rings. The number of hydrogen-bond donors (Lipinski definition) is 0. The lowest BCUT2D eigenvalue weighted by atomic mass is 9.92. The number of ether oxygens (including phenoxy) is 1. The van der Waals surface area contributed by atoms with E-state index in [2.05, 4.69) is 15.1 Å². The average Bonchev–Trinajstić information content (AvgIpc) is 3.30. The van der Waals surface area contributed by atoms with E-state index < -0.39 is 0 Å². The zero-order valence-electron chi connectivity index (χ0n) is 18.2. The molecule has 166 valence electrons. The number of aryl methyl sites for hydroxylation is 1. The van der Waals surface area contributed by atoms with Gasteiger partial charge >= 0.3 is 12.0 Å². The molecule has 2 saturated heterocycles. The van der Waals surface area contributed by atoms with Gasteiger partial charge in [-0.05, 0) is 51.7 Å². The maximum atomic E-state index is 13.0. The van der Waals surface area contributed by atoms with Crippen LogP contribution in [0.3, 0.4) is 0 Å². The van der Waals surface area contributed by atoms with Crippen molar-refractivity contribution in [1.29, 1.82) is 0 Å². The Hall–Kier alpha value is -2.90. The molecular formula is C23H30N4O4. The molecule has 8 nitrogen and oxygen atoms in total. The lowest BCUT2D eigenvalue weighted by molar-refractivity contribution is -0.151. The van der Waals surface area contributed by atoms with Gasteiger partial charge in [0.1, 0.15) is 0 Å². The molecule has 31 heavy (non-hydrogen) atoms. The Labute approximate surface area is 182 Å². The number of benzene rings is 1. The highest BCUT2D eigenvalue weighted by Crippen LogP contribution is 2.28. The molecule has 0 bridgehead atoms. The number of hydrogen-bond acceptors (Lipinski definition) is 7. The van der Waals surface area contributed by atoms with Crippen molar-refractivity contribution in [3.63, 3.8) is 0 Å². The SMILES string of the molecule is CCOC(=O)C1CCN(C(=O)C2CCN(c3nnc(-c4ccc(C)cc4)o3)CC2)CC1. The molecule has 0 spiro atoms. The predicted octanol–water partition coefficient (Wildman–Crippen LogP) is 3.06. The Morgan fingerprint density at radius 3 is 2.29 bits per heavy atom. The summed E-state index contributed by atoms with van der Waals surface area (Å²) < 4.78 is 11.0. The molecule has 0 N–H and O–H groups in total. The largest absolute Gasteiger partial charge is 0.466 e. The molecule has 0 atom stereocenters. The molecule has 8 heteroatoms. The van der Waals surface area contributed by atoms with Gasteiger partial charge in [-0.15, -0.1) is 5.10 Å². The Balaban J connectivity index is 1.28. The van der Waals surface area contributed by atoms with E-state index in [4.69, 9.17) is 9.15 Å². The lowest BCUT2D eigenvalue weighted by Gasteiger charge is -2.36. The van der Waals surface area contributed by atoms with Crippen LogP contribution in [0.1, 0.15) is 38.2 Å². The molecule has 0 aliphatic carbocycles. The highest BCUT2D eigenvalue weighted by Gasteiger charge is 2.33. The van der Waals surface area contributed by atoms with Crippen molar-refractivity contribution in [1.82, 2.24) is 15.1 Å². The van der Waals surface area contributed by atoms with Gasteiger partial charge in [-0.1, -0.05) is 22.8 Å². The van der Waals surface area contributed by atoms with E-state index in [-0.39, 0.29) is 23.7 Å². The van der Waals surface area contributed by atoms with Gasteiger partial charge in [0, 0.05) is 37.7 Å². The van der Waals surface area contributed by atoms with Gasteiger partial charge in [0.05, 0.1) is 12.5 Å². The number of amides is 1. The number of rotatable bonds is 5. The van der Waals surface area contributed by atoms with Crippen LogP contribution in [-0.4, -0.2) is 59.8 Å². The van der Waals surface area contributed by atoms with E-state index in [1.165, 1.54) is 5.56 Å². The van der Waals surface area contributed by atoms with Crippen molar-refractivity contribution < 1.29 is 18.7 Å². The minimum Gasteiger partial charge on any atom is -0.466 e. The van der Waals surface area contributed by atoms with E-state index in [0.717, 1.165) is 18.4 Å². The minimum atomic E-state index is -0.132.